The number of aromatic nitrogens is 2. The van der Waals surface area contributed by atoms with Crippen molar-refractivity contribution in [3.05, 3.63) is 41.1 Å². The monoisotopic (exact) mass is 233 g/mol. The molecule has 1 atom stereocenters. The van der Waals surface area contributed by atoms with Crippen LogP contribution in [0.15, 0.2) is 22.8 Å². The van der Waals surface area contributed by atoms with Crippen LogP contribution in [0.5, 0.6) is 0 Å². The molecule has 0 amide bonds. The van der Waals surface area contributed by atoms with Crippen LogP contribution >= 0.6 is 0 Å². The van der Waals surface area contributed by atoms with E-state index >= 15 is 0 Å². The molecule has 0 aliphatic carbocycles. The quantitative estimate of drug-likeness (QED) is 0.879. The molecule has 0 spiro atoms. The van der Waals surface area contributed by atoms with Crippen LogP contribution in [0.1, 0.15) is 28.8 Å². The Morgan fingerprint density at radius 3 is 2.71 bits per heavy atom. The van der Waals surface area contributed by atoms with E-state index in [0.717, 1.165) is 17.9 Å². The topological polar surface area (TPSA) is 43.0 Å². The van der Waals surface area contributed by atoms with Crippen molar-refractivity contribution in [3.63, 3.8) is 0 Å². The molecule has 0 aliphatic rings. The molecule has 1 unspecified atom stereocenters. The maximum atomic E-state index is 5.46. The molecular weight excluding hydrogens is 214 g/mol. The number of nitrogens with one attached hydrogen (secondary N) is 1. The Balaban J connectivity index is 2.24. The minimum absolute atomic E-state index is 0.201. The molecule has 4 nitrogen and oxygen atoms in total. The van der Waals surface area contributed by atoms with Crippen molar-refractivity contribution in [3.8, 4) is 0 Å². The number of hydrogen-bond donors (Lipinski definition) is 1. The molecule has 17 heavy (non-hydrogen) atoms. The van der Waals surface area contributed by atoms with Gasteiger partial charge < -0.3 is 9.73 Å². The molecule has 0 bridgehead atoms. The van der Waals surface area contributed by atoms with Gasteiger partial charge >= 0.3 is 0 Å². The van der Waals surface area contributed by atoms with Crippen LogP contribution in [0.2, 0.25) is 0 Å². The van der Waals surface area contributed by atoms with Gasteiger partial charge in [-0.15, -0.1) is 0 Å². The lowest BCUT2D eigenvalue weighted by Gasteiger charge is -2.13. The molecular formula is C13H19N3O. The van der Waals surface area contributed by atoms with Gasteiger partial charge in [0.1, 0.15) is 5.76 Å². The van der Waals surface area contributed by atoms with Crippen LogP contribution in [0, 0.1) is 13.8 Å². The van der Waals surface area contributed by atoms with Gasteiger partial charge in [-0.2, -0.15) is 5.10 Å². The van der Waals surface area contributed by atoms with Gasteiger partial charge in [0.05, 0.1) is 18.0 Å². The van der Waals surface area contributed by atoms with E-state index in [-0.39, 0.29) is 6.04 Å². The summed E-state index contributed by atoms with van der Waals surface area (Å²) in [5, 5.41) is 7.72. The molecule has 2 aromatic heterocycles. The van der Waals surface area contributed by atoms with Crippen molar-refractivity contribution in [2.45, 2.75) is 26.3 Å². The van der Waals surface area contributed by atoms with E-state index in [2.05, 4.69) is 24.3 Å². The second-order valence-corrected chi connectivity index (χ2v) is 4.33. The van der Waals surface area contributed by atoms with E-state index in [9.17, 15) is 0 Å². The predicted octanol–water partition coefficient (Wildman–Crippen LogP) is 2.13. The summed E-state index contributed by atoms with van der Waals surface area (Å²) in [7, 11) is 3.93. The molecule has 0 aliphatic heterocycles. The summed E-state index contributed by atoms with van der Waals surface area (Å²) in [6, 6.07) is 4.12. The highest BCUT2D eigenvalue weighted by Gasteiger charge is 2.17. The maximum absolute atomic E-state index is 5.46. The molecule has 0 saturated carbocycles. The first kappa shape index (κ1) is 11.9. The average Bonchev–Trinajstić information content (AvgIpc) is 2.89. The Morgan fingerprint density at radius 1 is 1.47 bits per heavy atom. The minimum Gasteiger partial charge on any atom is -0.468 e. The van der Waals surface area contributed by atoms with Crippen LogP contribution in [0.4, 0.5) is 0 Å². The fraction of sp³-hybridized carbons (Fsp3) is 0.462. The molecule has 0 aromatic carbocycles. The van der Waals surface area contributed by atoms with E-state index in [0.29, 0.717) is 0 Å². The van der Waals surface area contributed by atoms with Crippen molar-refractivity contribution in [1.82, 2.24) is 15.1 Å². The first-order chi connectivity index (χ1) is 8.13. The molecule has 2 heterocycles. The summed E-state index contributed by atoms with van der Waals surface area (Å²) >= 11 is 0. The second-order valence-electron chi connectivity index (χ2n) is 4.33. The Bertz CT molecular complexity index is 485. The van der Waals surface area contributed by atoms with E-state index in [1.165, 1.54) is 11.3 Å². The zero-order valence-corrected chi connectivity index (χ0v) is 10.8. The lowest BCUT2D eigenvalue weighted by Crippen LogP contribution is -2.18. The fourth-order valence-corrected chi connectivity index (χ4v) is 2.15. The number of aryl methyl sites for hydroxylation is 2. The number of furan rings is 1. The van der Waals surface area contributed by atoms with Gasteiger partial charge in [-0.1, -0.05) is 0 Å². The largest absolute Gasteiger partial charge is 0.468 e. The summed E-state index contributed by atoms with van der Waals surface area (Å²) in [5.41, 5.74) is 3.61. The summed E-state index contributed by atoms with van der Waals surface area (Å²) in [6.45, 7) is 4.15. The van der Waals surface area contributed by atoms with Crippen molar-refractivity contribution in [2.75, 3.05) is 7.05 Å². The minimum atomic E-state index is 0.201. The van der Waals surface area contributed by atoms with Crippen LogP contribution in [0.3, 0.4) is 0 Å². The third kappa shape index (κ3) is 2.26. The molecule has 0 saturated heterocycles. The van der Waals surface area contributed by atoms with Gasteiger partial charge in [0.2, 0.25) is 0 Å². The van der Waals surface area contributed by atoms with E-state index in [1.54, 1.807) is 6.26 Å². The smallest absolute Gasteiger partial charge is 0.121 e. The van der Waals surface area contributed by atoms with Crippen LogP contribution < -0.4 is 5.32 Å². The van der Waals surface area contributed by atoms with E-state index < -0.39 is 0 Å². The Hall–Kier alpha value is -1.55. The second kappa shape index (κ2) is 4.75. The maximum Gasteiger partial charge on any atom is 0.121 e. The third-order valence-corrected chi connectivity index (χ3v) is 3.30. The molecule has 4 heteroatoms. The summed E-state index contributed by atoms with van der Waals surface area (Å²) < 4.78 is 7.39. The molecule has 0 fully saturated rings. The predicted molar refractivity (Wildman–Crippen MR) is 66.9 cm³/mol. The van der Waals surface area contributed by atoms with Crippen molar-refractivity contribution in [2.24, 2.45) is 7.05 Å². The third-order valence-electron chi connectivity index (χ3n) is 3.30. The van der Waals surface area contributed by atoms with Crippen LogP contribution in [0.25, 0.3) is 0 Å². The van der Waals surface area contributed by atoms with E-state index in [1.807, 2.05) is 30.9 Å². The van der Waals surface area contributed by atoms with Gasteiger partial charge in [0.15, 0.2) is 0 Å². The number of hydrogen-bond acceptors (Lipinski definition) is 3. The van der Waals surface area contributed by atoms with Gasteiger partial charge in [-0.05, 0) is 45.0 Å². The van der Waals surface area contributed by atoms with E-state index in [4.69, 9.17) is 4.42 Å². The Kier molecular flexibility index (Phi) is 3.33. The number of rotatable bonds is 4. The van der Waals surface area contributed by atoms with Crippen LogP contribution in [-0.4, -0.2) is 16.8 Å². The SMILES string of the molecule is CNC(Cc1c(C)nn(C)c1C)c1ccco1. The molecule has 2 rings (SSSR count). The van der Waals surface area contributed by atoms with Gasteiger partial charge in [-0.3, -0.25) is 4.68 Å². The zero-order chi connectivity index (χ0) is 12.4. The first-order valence-corrected chi connectivity index (χ1v) is 5.83. The van der Waals surface area contributed by atoms with Crippen LogP contribution in [-0.2, 0) is 13.5 Å². The standard InChI is InChI=1S/C13H19N3O/c1-9-11(10(2)16(4)15-9)8-12(14-3)13-6-5-7-17-13/h5-7,12,14H,8H2,1-4H3. The normalized spacial score (nSPS) is 12.9. The fourth-order valence-electron chi connectivity index (χ4n) is 2.15. The van der Waals surface area contributed by atoms with Crippen molar-refractivity contribution in [1.29, 1.82) is 0 Å². The Morgan fingerprint density at radius 2 is 2.24 bits per heavy atom. The highest BCUT2D eigenvalue weighted by Crippen LogP contribution is 2.22. The molecule has 2 aromatic rings. The molecule has 92 valence electrons. The number of likely N-dealkylation sites (N-methyl/N-ethyl adjacent to an activating group) is 1. The summed E-state index contributed by atoms with van der Waals surface area (Å²) in [6.07, 6.45) is 2.61. The van der Waals surface area contributed by atoms with Gasteiger partial charge in [0.25, 0.3) is 0 Å². The zero-order valence-electron chi connectivity index (χ0n) is 10.8. The van der Waals surface area contributed by atoms with Crippen molar-refractivity contribution < 1.29 is 4.42 Å². The summed E-state index contributed by atoms with van der Waals surface area (Å²) in [5.74, 6) is 0.968. The summed E-state index contributed by atoms with van der Waals surface area (Å²) in [4.78, 5) is 0. The lowest BCUT2D eigenvalue weighted by atomic mass is 10.0. The van der Waals surface area contributed by atoms with Gasteiger partial charge in [-0.25, -0.2) is 0 Å². The molecule has 0 radical (unpaired) electrons. The lowest BCUT2D eigenvalue weighted by molar-refractivity contribution is 0.428. The number of nitrogens with zero attached hydrogens (tertiary/aromatic N) is 2. The first-order valence-electron chi connectivity index (χ1n) is 5.83. The van der Waals surface area contributed by atoms with Gasteiger partial charge in [0, 0.05) is 12.7 Å². The average molecular weight is 233 g/mol. The van der Waals surface area contributed by atoms with Crippen molar-refractivity contribution >= 4 is 0 Å². The highest BCUT2D eigenvalue weighted by molar-refractivity contribution is 5.26. The Labute approximate surface area is 102 Å². The highest BCUT2D eigenvalue weighted by atomic mass is 16.3. The molecule has 1 N–H and O–H groups in total.